The fourth-order valence-electron chi connectivity index (χ4n) is 1.26. The minimum absolute atomic E-state index is 0.254. The van der Waals surface area contributed by atoms with Crippen molar-refractivity contribution < 1.29 is 9.47 Å². The molecule has 0 radical (unpaired) electrons. The van der Waals surface area contributed by atoms with Crippen LogP contribution >= 0.6 is 11.8 Å². The van der Waals surface area contributed by atoms with Crippen molar-refractivity contribution in [1.82, 2.24) is 0 Å². The first-order valence-corrected chi connectivity index (χ1v) is 5.58. The summed E-state index contributed by atoms with van der Waals surface area (Å²) in [6.07, 6.45) is -0.254. The zero-order valence-corrected chi connectivity index (χ0v) is 9.64. The molecule has 0 amide bonds. The first kappa shape index (κ1) is 11.6. The van der Waals surface area contributed by atoms with Crippen molar-refractivity contribution >= 4 is 11.8 Å². The van der Waals surface area contributed by atoms with Crippen molar-refractivity contribution in [2.45, 2.75) is 18.1 Å². The van der Waals surface area contributed by atoms with Crippen LogP contribution in [0.3, 0.4) is 0 Å². The number of rotatable bonds is 5. The molecule has 0 aliphatic rings. The lowest BCUT2D eigenvalue weighted by molar-refractivity contribution is -0.106. The zero-order chi connectivity index (χ0) is 10.4. The van der Waals surface area contributed by atoms with Crippen LogP contribution in [0.5, 0.6) is 0 Å². The predicted octanol–water partition coefficient (Wildman–Crippen LogP) is 3.09. The average Bonchev–Trinajstić information content (AvgIpc) is 2.23. The van der Waals surface area contributed by atoms with Gasteiger partial charge < -0.3 is 9.47 Å². The van der Waals surface area contributed by atoms with Crippen LogP contribution in [0.1, 0.15) is 18.8 Å². The molecule has 0 spiro atoms. The van der Waals surface area contributed by atoms with Crippen molar-refractivity contribution in [3.8, 4) is 0 Å². The molecule has 0 bridgehead atoms. The van der Waals surface area contributed by atoms with Gasteiger partial charge in [0, 0.05) is 24.7 Å². The second kappa shape index (κ2) is 6.06. The predicted molar refractivity (Wildman–Crippen MR) is 59.6 cm³/mol. The summed E-state index contributed by atoms with van der Waals surface area (Å²) >= 11 is 1.83. The van der Waals surface area contributed by atoms with Gasteiger partial charge in [-0.3, -0.25) is 0 Å². The van der Waals surface area contributed by atoms with E-state index in [1.165, 1.54) is 4.90 Å². The molecule has 14 heavy (non-hydrogen) atoms. The monoisotopic (exact) mass is 212 g/mol. The van der Waals surface area contributed by atoms with Crippen LogP contribution in [0.4, 0.5) is 0 Å². The highest BCUT2D eigenvalue weighted by atomic mass is 32.2. The highest BCUT2D eigenvalue weighted by molar-refractivity contribution is 7.99. The summed E-state index contributed by atoms with van der Waals surface area (Å²) in [6.45, 7) is 2.14. The molecular formula is C11H16O2S. The second-order valence-electron chi connectivity index (χ2n) is 2.81. The zero-order valence-electron chi connectivity index (χ0n) is 8.82. The summed E-state index contributed by atoms with van der Waals surface area (Å²) in [4.78, 5) is 1.28. The van der Waals surface area contributed by atoms with Crippen molar-refractivity contribution in [3.63, 3.8) is 0 Å². The Morgan fingerprint density at radius 3 is 2.14 bits per heavy atom. The first-order valence-electron chi connectivity index (χ1n) is 4.60. The van der Waals surface area contributed by atoms with E-state index in [-0.39, 0.29) is 6.29 Å². The first-order chi connectivity index (χ1) is 6.81. The van der Waals surface area contributed by atoms with Crippen molar-refractivity contribution in [2.24, 2.45) is 0 Å². The molecule has 3 heteroatoms. The van der Waals surface area contributed by atoms with Crippen LogP contribution in [0, 0.1) is 0 Å². The van der Waals surface area contributed by atoms with Crippen LogP contribution in [0.15, 0.2) is 29.2 Å². The summed E-state index contributed by atoms with van der Waals surface area (Å²) in [5.41, 5.74) is 1.05. The molecule has 0 aliphatic heterocycles. The molecule has 0 saturated heterocycles. The molecular weight excluding hydrogens is 196 g/mol. The van der Waals surface area contributed by atoms with Gasteiger partial charge in [-0.25, -0.2) is 0 Å². The number of thioether (sulfide) groups is 1. The van der Waals surface area contributed by atoms with E-state index >= 15 is 0 Å². The van der Waals surface area contributed by atoms with Crippen molar-refractivity contribution in [1.29, 1.82) is 0 Å². The molecule has 0 heterocycles. The Bertz CT molecular complexity index is 254. The fourth-order valence-corrected chi connectivity index (χ4v) is 1.92. The standard InChI is InChI=1S/C11H16O2S/c1-4-14-10-7-5-9(6-8-10)11(12-2)13-3/h5-8,11H,4H2,1-3H3. The summed E-state index contributed by atoms with van der Waals surface area (Å²) in [6, 6.07) is 8.26. The summed E-state index contributed by atoms with van der Waals surface area (Å²) in [5, 5.41) is 0. The molecule has 2 nitrogen and oxygen atoms in total. The van der Waals surface area contributed by atoms with E-state index in [0.717, 1.165) is 11.3 Å². The van der Waals surface area contributed by atoms with Gasteiger partial charge in [0.15, 0.2) is 6.29 Å². The van der Waals surface area contributed by atoms with E-state index in [0.29, 0.717) is 0 Å². The molecule has 0 aliphatic carbocycles. The lowest BCUT2D eigenvalue weighted by Crippen LogP contribution is -2.02. The van der Waals surface area contributed by atoms with E-state index in [9.17, 15) is 0 Å². The highest BCUT2D eigenvalue weighted by Crippen LogP contribution is 2.22. The van der Waals surface area contributed by atoms with E-state index < -0.39 is 0 Å². The molecule has 0 aromatic heterocycles. The highest BCUT2D eigenvalue weighted by Gasteiger charge is 2.07. The number of benzene rings is 1. The smallest absolute Gasteiger partial charge is 0.183 e. The van der Waals surface area contributed by atoms with Gasteiger partial charge in [-0.1, -0.05) is 19.1 Å². The van der Waals surface area contributed by atoms with Gasteiger partial charge in [-0.2, -0.15) is 0 Å². The summed E-state index contributed by atoms with van der Waals surface area (Å²) < 4.78 is 10.3. The molecule has 1 aromatic carbocycles. The van der Waals surface area contributed by atoms with Crippen LogP contribution < -0.4 is 0 Å². The maximum absolute atomic E-state index is 5.16. The minimum atomic E-state index is -0.254. The van der Waals surface area contributed by atoms with Gasteiger partial charge in [0.25, 0.3) is 0 Å². The third kappa shape index (κ3) is 3.01. The van der Waals surface area contributed by atoms with Crippen LogP contribution in [-0.4, -0.2) is 20.0 Å². The van der Waals surface area contributed by atoms with Gasteiger partial charge in [0.2, 0.25) is 0 Å². The van der Waals surface area contributed by atoms with E-state index in [1.54, 1.807) is 14.2 Å². The number of hydrogen-bond acceptors (Lipinski definition) is 3. The number of hydrogen-bond donors (Lipinski definition) is 0. The van der Waals surface area contributed by atoms with Crippen LogP contribution in [0.25, 0.3) is 0 Å². The van der Waals surface area contributed by atoms with Crippen molar-refractivity contribution in [2.75, 3.05) is 20.0 Å². The van der Waals surface area contributed by atoms with Gasteiger partial charge in [-0.05, 0) is 17.9 Å². The lowest BCUT2D eigenvalue weighted by Gasteiger charge is -2.13. The largest absolute Gasteiger partial charge is 0.352 e. The normalized spacial score (nSPS) is 10.9. The molecule has 0 fully saturated rings. The van der Waals surface area contributed by atoms with E-state index in [1.807, 2.05) is 23.9 Å². The lowest BCUT2D eigenvalue weighted by atomic mass is 10.2. The molecule has 0 saturated carbocycles. The quantitative estimate of drug-likeness (QED) is 0.552. The minimum Gasteiger partial charge on any atom is -0.352 e. The Hall–Kier alpha value is -0.510. The second-order valence-corrected chi connectivity index (χ2v) is 4.14. The molecule has 78 valence electrons. The number of methoxy groups -OCH3 is 2. The number of ether oxygens (including phenoxy) is 2. The Labute approximate surface area is 89.6 Å². The van der Waals surface area contributed by atoms with E-state index in [2.05, 4.69) is 19.1 Å². The Balaban J connectivity index is 2.71. The maximum atomic E-state index is 5.16. The van der Waals surface area contributed by atoms with Gasteiger partial charge in [-0.15, -0.1) is 11.8 Å². The Morgan fingerprint density at radius 2 is 1.71 bits per heavy atom. The Kier molecular flexibility index (Phi) is 5.01. The van der Waals surface area contributed by atoms with Crippen LogP contribution in [-0.2, 0) is 9.47 Å². The van der Waals surface area contributed by atoms with Gasteiger partial charge in [0.1, 0.15) is 0 Å². The third-order valence-electron chi connectivity index (χ3n) is 1.89. The SMILES string of the molecule is CCSc1ccc(C(OC)OC)cc1. The van der Waals surface area contributed by atoms with E-state index in [4.69, 9.17) is 9.47 Å². The molecule has 1 aromatic rings. The fraction of sp³-hybridized carbons (Fsp3) is 0.455. The molecule has 0 N–H and O–H groups in total. The van der Waals surface area contributed by atoms with Gasteiger partial charge >= 0.3 is 0 Å². The molecule has 1 rings (SSSR count). The summed E-state index contributed by atoms with van der Waals surface area (Å²) in [5.74, 6) is 1.09. The molecule has 0 atom stereocenters. The molecule has 0 unspecified atom stereocenters. The summed E-state index contributed by atoms with van der Waals surface area (Å²) in [7, 11) is 3.28. The third-order valence-corrected chi connectivity index (χ3v) is 2.79. The van der Waals surface area contributed by atoms with Gasteiger partial charge in [0.05, 0.1) is 0 Å². The van der Waals surface area contributed by atoms with Crippen LogP contribution in [0.2, 0.25) is 0 Å². The van der Waals surface area contributed by atoms with Crippen molar-refractivity contribution in [3.05, 3.63) is 29.8 Å². The average molecular weight is 212 g/mol. The topological polar surface area (TPSA) is 18.5 Å². The Morgan fingerprint density at radius 1 is 1.14 bits per heavy atom. The maximum Gasteiger partial charge on any atom is 0.183 e.